The average molecular weight is 327 g/mol. The fourth-order valence-electron chi connectivity index (χ4n) is 2.91. The molecule has 0 bridgehead atoms. The quantitative estimate of drug-likeness (QED) is 0.641. The van der Waals surface area contributed by atoms with Gasteiger partial charge in [0.2, 0.25) is 5.91 Å². The zero-order chi connectivity index (χ0) is 17.3. The van der Waals surface area contributed by atoms with Gasteiger partial charge in [-0.15, -0.1) is 0 Å². The number of rotatable bonds is 3. The summed E-state index contributed by atoms with van der Waals surface area (Å²) in [6.45, 7) is 3.85. The Labute approximate surface area is 139 Å². The Balaban J connectivity index is 1.76. The van der Waals surface area contributed by atoms with E-state index in [1.165, 1.54) is 17.0 Å². The number of benzene rings is 2. The lowest BCUT2D eigenvalue weighted by Gasteiger charge is -2.17. The number of para-hydroxylation sites is 2. The third-order valence-electron chi connectivity index (χ3n) is 4.21. The third kappa shape index (κ3) is 3.02. The van der Waals surface area contributed by atoms with Gasteiger partial charge < -0.3 is 9.64 Å². The van der Waals surface area contributed by atoms with Crippen molar-refractivity contribution < 1.29 is 18.7 Å². The first kappa shape index (κ1) is 16.2. The second kappa shape index (κ2) is 6.43. The van der Waals surface area contributed by atoms with Gasteiger partial charge in [-0.1, -0.05) is 30.3 Å². The van der Waals surface area contributed by atoms with Crippen LogP contribution in [-0.4, -0.2) is 18.4 Å². The number of aryl methyl sites for hydroxylation is 2. The van der Waals surface area contributed by atoms with Gasteiger partial charge in [-0.2, -0.15) is 0 Å². The van der Waals surface area contributed by atoms with Crippen LogP contribution in [0.4, 0.5) is 10.1 Å². The zero-order valence-electron chi connectivity index (χ0n) is 13.6. The number of anilines is 1. The lowest BCUT2D eigenvalue weighted by molar-refractivity contribution is -0.139. The summed E-state index contributed by atoms with van der Waals surface area (Å²) >= 11 is 0. The molecule has 1 amide bonds. The molecule has 24 heavy (non-hydrogen) atoms. The van der Waals surface area contributed by atoms with Gasteiger partial charge in [-0.25, -0.2) is 4.39 Å². The minimum Gasteiger partial charge on any atom is -0.426 e. The van der Waals surface area contributed by atoms with Crippen LogP contribution in [-0.2, 0) is 9.59 Å². The van der Waals surface area contributed by atoms with E-state index in [1.807, 2.05) is 32.0 Å². The fourth-order valence-corrected chi connectivity index (χ4v) is 2.91. The molecule has 1 saturated heterocycles. The van der Waals surface area contributed by atoms with Crippen LogP contribution < -0.4 is 9.64 Å². The molecule has 0 N–H and O–H groups in total. The lowest BCUT2D eigenvalue weighted by Crippen LogP contribution is -2.28. The van der Waals surface area contributed by atoms with Gasteiger partial charge in [-0.3, -0.25) is 9.59 Å². The first-order valence-corrected chi connectivity index (χ1v) is 7.80. The van der Waals surface area contributed by atoms with Crippen LogP contribution in [0, 0.1) is 25.6 Å². The van der Waals surface area contributed by atoms with E-state index in [0.717, 1.165) is 11.1 Å². The van der Waals surface area contributed by atoms with Gasteiger partial charge in [0.25, 0.3) is 0 Å². The summed E-state index contributed by atoms with van der Waals surface area (Å²) in [5.41, 5.74) is 1.92. The van der Waals surface area contributed by atoms with Crippen LogP contribution in [0.5, 0.6) is 5.75 Å². The molecule has 124 valence electrons. The van der Waals surface area contributed by atoms with Crippen LogP contribution >= 0.6 is 0 Å². The van der Waals surface area contributed by atoms with E-state index in [1.54, 1.807) is 12.1 Å². The summed E-state index contributed by atoms with van der Waals surface area (Å²) in [5, 5.41) is 0. The molecule has 1 aliphatic heterocycles. The molecular formula is C19H18FNO3. The van der Waals surface area contributed by atoms with E-state index in [2.05, 4.69) is 0 Å². The van der Waals surface area contributed by atoms with Crippen molar-refractivity contribution in [3.8, 4) is 5.75 Å². The highest BCUT2D eigenvalue weighted by Crippen LogP contribution is 2.29. The SMILES string of the molecule is Cc1cccc(C)c1OC(=O)[C@@H]1CC(=O)N(c2ccccc2F)C1. The number of carbonyl (C=O) groups excluding carboxylic acids is 2. The van der Waals surface area contributed by atoms with Gasteiger partial charge in [-0.05, 0) is 37.1 Å². The number of carbonyl (C=O) groups is 2. The summed E-state index contributed by atoms with van der Waals surface area (Å²) in [6, 6.07) is 11.7. The molecule has 0 aromatic heterocycles. The van der Waals surface area contributed by atoms with Crippen LogP contribution in [0.3, 0.4) is 0 Å². The first-order valence-electron chi connectivity index (χ1n) is 7.80. The molecule has 0 unspecified atom stereocenters. The maximum atomic E-state index is 13.9. The minimum atomic E-state index is -0.601. The molecule has 0 aliphatic carbocycles. The Morgan fingerprint density at radius 2 is 1.79 bits per heavy atom. The molecular weight excluding hydrogens is 309 g/mol. The van der Waals surface area contributed by atoms with E-state index in [-0.39, 0.29) is 24.6 Å². The summed E-state index contributed by atoms with van der Waals surface area (Å²) in [6.07, 6.45) is 0.0259. The van der Waals surface area contributed by atoms with E-state index in [0.29, 0.717) is 5.75 Å². The molecule has 4 nitrogen and oxygen atoms in total. The van der Waals surface area contributed by atoms with E-state index >= 15 is 0 Å². The van der Waals surface area contributed by atoms with Crippen molar-refractivity contribution in [2.24, 2.45) is 5.92 Å². The summed E-state index contributed by atoms with van der Waals surface area (Å²) < 4.78 is 19.4. The highest BCUT2D eigenvalue weighted by Gasteiger charge is 2.37. The number of hydrogen-bond donors (Lipinski definition) is 0. The van der Waals surface area contributed by atoms with Crippen molar-refractivity contribution in [2.45, 2.75) is 20.3 Å². The Kier molecular flexibility index (Phi) is 4.34. The molecule has 0 spiro atoms. The normalized spacial score (nSPS) is 17.2. The van der Waals surface area contributed by atoms with E-state index in [4.69, 9.17) is 4.74 Å². The number of halogens is 1. The van der Waals surface area contributed by atoms with Crippen molar-refractivity contribution in [1.82, 2.24) is 0 Å². The van der Waals surface area contributed by atoms with Crippen molar-refractivity contribution in [2.75, 3.05) is 11.4 Å². The molecule has 2 aromatic rings. The van der Waals surface area contributed by atoms with E-state index < -0.39 is 17.7 Å². The number of amides is 1. The summed E-state index contributed by atoms with van der Waals surface area (Å²) in [5.74, 6) is -1.28. The Morgan fingerprint density at radius 1 is 1.12 bits per heavy atom. The largest absolute Gasteiger partial charge is 0.426 e. The van der Waals surface area contributed by atoms with Crippen molar-refractivity contribution in [1.29, 1.82) is 0 Å². The van der Waals surface area contributed by atoms with Gasteiger partial charge in [0.05, 0.1) is 11.6 Å². The minimum absolute atomic E-state index is 0.0259. The smallest absolute Gasteiger partial charge is 0.316 e. The molecule has 1 fully saturated rings. The Hall–Kier alpha value is -2.69. The maximum Gasteiger partial charge on any atom is 0.316 e. The van der Waals surface area contributed by atoms with Gasteiger partial charge in [0, 0.05) is 13.0 Å². The van der Waals surface area contributed by atoms with Crippen LogP contribution in [0.1, 0.15) is 17.5 Å². The van der Waals surface area contributed by atoms with Gasteiger partial charge in [0.15, 0.2) is 0 Å². The van der Waals surface area contributed by atoms with Crippen LogP contribution in [0.15, 0.2) is 42.5 Å². The van der Waals surface area contributed by atoms with Crippen molar-refractivity contribution >= 4 is 17.6 Å². The number of esters is 1. The number of nitrogens with zero attached hydrogens (tertiary/aromatic N) is 1. The lowest BCUT2D eigenvalue weighted by atomic mass is 10.1. The Morgan fingerprint density at radius 3 is 2.46 bits per heavy atom. The second-order valence-electron chi connectivity index (χ2n) is 6.00. The predicted molar refractivity (Wildman–Crippen MR) is 88.4 cm³/mol. The highest BCUT2D eigenvalue weighted by molar-refractivity contribution is 5.99. The molecule has 5 heteroatoms. The standard InChI is InChI=1S/C19H18FNO3/c1-12-6-5-7-13(2)18(12)24-19(23)14-10-17(22)21(11-14)16-9-4-3-8-15(16)20/h3-9,14H,10-11H2,1-2H3/t14-/m1/s1. The summed E-state index contributed by atoms with van der Waals surface area (Å²) in [4.78, 5) is 25.9. The van der Waals surface area contributed by atoms with Gasteiger partial charge >= 0.3 is 5.97 Å². The molecule has 0 radical (unpaired) electrons. The number of ether oxygens (including phenoxy) is 1. The third-order valence-corrected chi connectivity index (χ3v) is 4.21. The molecule has 1 aliphatic rings. The number of hydrogen-bond acceptors (Lipinski definition) is 3. The molecule has 1 heterocycles. The molecule has 1 atom stereocenters. The van der Waals surface area contributed by atoms with E-state index in [9.17, 15) is 14.0 Å². The average Bonchev–Trinajstić information content (AvgIpc) is 2.93. The maximum absolute atomic E-state index is 13.9. The zero-order valence-corrected chi connectivity index (χ0v) is 13.6. The fraction of sp³-hybridized carbons (Fsp3) is 0.263. The Bertz CT molecular complexity index is 783. The van der Waals surface area contributed by atoms with Crippen LogP contribution in [0.25, 0.3) is 0 Å². The van der Waals surface area contributed by atoms with Gasteiger partial charge in [0.1, 0.15) is 11.6 Å². The summed E-state index contributed by atoms with van der Waals surface area (Å²) in [7, 11) is 0. The monoisotopic (exact) mass is 327 g/mol. The molecule has 0 saturated carbocycles. The highest BCUT2D eigenvalue weighted by atomic mass is 19.1. The second-order valence-corrected chi connectivity index (χ2v) is 6.00. The first-order chi connectivity index (χ1) is 11.5. The van der Waals surface area contributed by atoms with Crippen molar-refractivity contribution in [3.63, 3.8) is 0 Å². The topological polar surface area (TPSA) is 46.6 Å². The predicted octanol–water partition coefficient (Wildman–Crippen LogP) is 3.40. The van der Waals surface area contributed by atoms with Crippen LogP contribution in [0.2, 0.25) is 0 Å². The van der Waals surface area contributed by atoms with Crippen molar-refractivity contribution in [3.05, 3.63) is 59.4 Å². The molecule has 3 rings (SSSR count). The molecule has 2 aromatic carbocycles.